The topological polar surface area (TPSA) is 50.4 Å². The maximum Gasteiger partial charge on any atom is 0.189 e. The molecule has 1 aromatic rings. The summed E-state index contributed by atoms with van der Waals surface area (Å²) in [4.78, 5) is 4.42. The number of nitrogens with one attached hydrogen (secondary N) is 1. The SMILES string of the molecule is I.NC(=NCc1cccc(Br)c1)NC1CCCCCC1. The molecule has 1 aromatic carbocycles. The van der Waals surface area contributed by atoms with Gasteiger partial charge in [-0.2, -0.15) is 0 Å². The van der Waals surface area contributed by atoms with Crippen LogP contribution in [0.25, 0.3) is 0 Å². The van der Waals surface area contributed by atoms with E-state index in [0.29, 0.717) is 18.5 Å². The molecule has 0 heterocycles. The minimum Gasteiger partial charge on any atom is -0.370 e. The van der Waals surface area contributed by atoms with Crippen LogP contribution in [0.1, 0.15) is 44.1 Å². The van der Waals surface area contributed by atoms with Crippen LogP contribution in [0, 0.1) is 0 Å². The normalized spacial score (nSPS) is 17.1. The number of rotatable bonds is 3. The fourth-order valence-corrected chi connectivity index (χ4v) is 2.94. The Labute approximate surface area is 147 Å². The van der Waals surface area contributed by atoms with E-state index in [1.54, 1.807) is 0 Å². The van der Waals surface area contributed by atoms with Crippen molar-refractivity contribution in [1.82, 2.24) is 5.32 Å². The Morgan fingerprint density at radius 3 is 2.60 bits per heavy atom. The van der Waals surface area contributed by atoms with Crippen LogP contribution >= 0.6 is 39.9 Å². The van der Waals surface area contributed by atoms with Crippen LogP contribution in [-0.4, -0.2) is 12.0 Å². The van der Waals surface area contributed by atoms with E-state index in [1.165, 1.54) is 44.1 Å². The fraction of sp³-hybridized carbons (Fsp3) is 0.533. The highest BCUT2D eigenvalue weighted by Crippen LogP contribution is 2.17. The van der Waals surface area contributed by atoms with Crippen molar-refractivity contribution < 1.29 is 0 Å². The molecule has 0 spiro atoms. The second kappa shape index (κ2) is 9.60. The highest BCUT2D eigenvalue weighted by atomic mass is 127. The molecule has 0 radical (unpaired) electrons. The number of hydrogen-bond acceptors (Lipinski definition) is 1. The number of nitrogens with two attached hydrogens (primary N) is 1. The summed E-state index contributed by atoms with van der Waals surface area (Å²) in [6, 6.07) is 8.67. The van der Waals surface area contributed by atoms with Crippen molar-refractivity contribution in [2.75, 3.05) is 0 Å². The molecule has 0 amide bonds. The second-order valence-electron chi connectivity index (χ2n) is 5.16. The Kier molecular flexibility index (Phi) is 8.52. The summed E-state index contributed by atoms with van der Waals surface area (Å²) in [6.07, 6.45) is 7.74. The van der Waals surface area contributed by atoms with E-state index in [2.05, 4.69) is 38.4 Å². The van der Waals surface area contributed by atoms with Crippen molar-refractivity contribution >= 4 is 45.9 Å². The molecule has 1 aliphatic carbocycles. The molecule has 0 saturated heterocycles. The first-order valence-electron chi connectivity index (χ1n) is 7.05. The molecule has 112 valence electrons. The van der Waals surface area contributed by atoms with Crippen LogP contribution in [0.15, 0.2) is 33.7 Å². The Balaban J connectivity index is 0.00000200. The van der Waals surface area contributed by atoms with E-state index in [-0.39, 0.29) is 24.0 Å². The predicted octanol–water partition coefficient (Wildman–Crippen LogP) is 4.19. The van der Waals surface area contributed by atoms with Gasteiger partial charge in [0, 0.05) is 10.5 Å². The quantitative estimate of drug-likeness (QED) is 0.313. The molecule has 0 unspecified atom stereocenters. The molecular weight excluding hydrogens is 429 g/mol. The number of guanidine groups is 1. The third-order valence-corrected chi connectivity index (χ3v) is 4.02. The molecule has 5 heteroatoms. The zero-order valence-electron chi connectivity index (χ0n) is 11.6. The van der Waals surface area contributed by atoms with Gasteiger partial charge in [0.2, 0.25) is 0 Å². The van der Waals surface area contributed by atoms with E-state index in [0.717, 1.165) is 4.47 Å². The Morgan fingerprint density at radius 2 is 1.95 bits per heavy atom. The van der Waals surface area contributed by atoms with Gasteiger partial charge in [-0.3, -0.25) is 0 Å². The van der Waals surface area contributed by atoms with E-state index in [4.69, 9.17) is 5.73 Å². The molecule has 0 bridgehead atoms. The van der Waals surface area contributed by atoms with Crippen molar-refractivity contribution in [3.05, 3.63) is 34.3 Å². The molecule has 1 fully saturated rings. The smallest absolute Gasteiger partial charge is 0.189 e. The Hall–Kier alpha value is -0.300. The van der Waals surface area contributed by atoms with Gasteiger partial charge < -0.3 is 11.1 Å². The van der Waals surface area contributed by atoms with Crippen LogP contribution in [0.2, 0.25) is 0 Å². The van der Waals surface area contributed by atoms with Gasteiger partial charge in [-0.05, 0) is 30.5 Å². The van der Waals surface area contributed by atoms with Gasteiger partial charge in [-0.25, -0.2) is 4.99 Å². The van der Waals surface area contributed by atoms with E-state index in [1.807, 2.05) is 12.1 Å². The minimum absolute atomic E-state index is 0. The maximum atomic E-state index is 5.97. The van der Waals surface area contributed by atoms with Crippen molar-refractivity contribution in [3.8, 4) is 0 Å². The largest absolute Gasteiger partial charge is 0.370 e. The van der Waals surface area contributed by atoms with E-state index in [9.17, 15) is 0 Å². The highest BCUT2D eigenvalue weighted by Gasteiger charge is 2.12. The lowest BCUT2D eigenvalue weighted by Crippen LogP contribution is -2.39. The highest BCUT2D eigenvalue weighted by molar-refractivity contribution is 14.0. The van der Waals surface area contributed by atoms with Gasteiger partial charge in [0.15, 0.2) is 5.96 Å². The molecule has 3 N–H and O–H groups in total. The van der Waals surface area contributed by atoms with E-state index >= 15 is 0 Å². The van der Waals surface area contributed by atoms with Gasteiger partial charge >= 0.3 is 0 Å². The summed E-state index contributed by atoms with van der Waals surface area (Å²) < 4.78 is 1.08. The second-order valence-corrected chi connectivity index (χ2v) is 6.08. The van der Waals surface area contributed by atoms with Crippen LogP contribution in [0.4, 0.5) is 0 Å². The van der Waals surface area contributed by atoms with Crippen LogP contribution < -0.4 is 11.1 Å². The number of nitrogens with zero attached hydrogens (tertiary/aromatic N) is 1. The zero-order chi connectivity index (χ0) is 13.5. The first-order valence-corrected chi connectivity index (χ1v) is 7.84. The molecule has 0 atom stereocenters. The molecule has 1 aliphatic rings. The monoisotopic (exact) mass is 451 g/mol. The van der Waals surface area contributed by atoms with Crippen LogP contribution in [0.3, 0.4) is 0 Å². The molecule has 3 nitrogen and oxygen atoms in total. The third kappa shape index (κ3) is 6.43. The van der Waals surface area contributed by atoms with Crippen molar-refractivity contribution in [2.45, 2.75) is 51.1 Å². The summed E-state index contributed by atoms with van der Waals surface area (Å²) in [6.45, 7) is 0.630. The molecule has 1 saturated carbocycles. The molecular formula is C15H23BrIN3. The fourth-order valence-electron chi connectivity index (χ4n) is 2.49. The standard InChI is InChI=1S/C15H22BrN3.HI/c16-13-7-5-6-12(10-13)11-18-15(17)19-14-8-3-1-2-4-9-14;/h5-7,10,14H,1-4,8-9,11H2,(H3,17,18,19);1H. The van der Waals surface area contributed by atoms with Crippen LogP contribution in [0.5, 0.6) is 0 Å². The predicted molar refractivity (Wildman–Crippen MR) is 99.5 cm³/mol. The van der Waals surface area contributed by atoms with Gasteiger partial charge in [0.25, 0.3) is 0 Å². The average molecular weight is 452 g/mol. The first-order chi connectivity index (χ1) is 9.24. The summed E-state index contributed by atoms with van der Waals surface area (Å²) >= 11 is 3.46. The number of hydrogen-bond donors (Lipinski definition) is 2. The summed E-state index contributed by atoms with van der Waals surface area (Å²) in [7, 11) is 0. The summed E-state index contributed by atoms with van der Waals surface area (Å²) in [5.74, 6) is 0.576. The van der Waals surface area contributed by atoms with Crippen molar-refractivity contribution in [2.24, 2.45) is 10.7 Å². The molecule has 0 aliphatic heterocycles. The lowest BCUT2D eigenvalue weighted by Gasteiger charge is -2.16. The average Bonchev–Trinajstić information content (AvgIpc) is 2.65. The summed E-state index contributed by atoms with van der Waals surface area (Å²) in [5, 5.41) is 3.36. The number of halogens is 2. The minimum atomic E-state index is 0. The molecule has 2 rings (SSSR count). The van der Waals surface area contributed by atoms with Gasteiger partial charge in [-0.15, -0.1) is 24.0 Å². The van der Waals surface area contributed by atoms with Crippen LogP contribution in [-0.2, 0) is 6.54 Å². The Bertz CT molecular complexity index is 429. The van der Waals surface area contributed by atoms with Gasteiger partial charge in [-0.1, -0.05) is 53.7 Å². The lowest BCUT2D eigenvalue weighted by molar-refractivity contribution is 0.530. The molecule has 0 aromatic heterocycles. The number of aliphatic imine (C=N–C) groups is 1. The third-order valence-electron chi connectivity index (χ3n) is 3.53. The number of benzene rings is 1. The maximum absolute atomic E-state index is 5.97. The van der Waals surface area contributed by atoms with Crippen molar-refractivity contribution in [3.63, 3.8) is 0 Å². The van der Waals surface area contributed by atoms with Gasteiger partial charge in [0.05, 0.1) is 6.54 Å². The van der Waals surface area contributed by atoms with Gasteiger partial charge in [0.1, 0.15) is 0 Å². The van der Waals surface area contributed by atoms with Crippen molar-refractivity contribution in [1.29, 1.82) is 0 Å². The lowest BCUT2D eigenvalue weighted by atomic mass is 10.1. The first kappa shape index (κ1) is 17.8. The Morgan fingerprint density at radius 1 is 1.25 bits per heavy atom. The summed E-state index contributed by atoms with van der Waals surface area (Å²) in [5.41, 5.74) is 7.14. The molecule has 20 heavy (non-hydrogen) atoms. The zero-order valence-corrected chi connectivity index (χ0v) is 15.6. The van der Waals surface area contributed by atoms with E-state index < -0.39 is 0 Å².